The van der Waals surface area contributed by atoms with Crippen molar-refractivity contribution in [1.29, 1.82) is 0 Å². The zero-order valence-electron chi connectivity index (χ0n) is 10.4. The molecule has 3 rings (SSSR count). The van der Waals surface area contributed by atoms with Crippen LogP contribution in [0.25, 0.3) is 10.8 Å². The van der Waals surface area contributed by atoms with Crippen LogP contribution < -0.4 is 4.18 Å². The second kappa shape index (κ2) is 4.94. The summed E-state index contributed by atoms with van der Waals surface area (Å²) in [5.74, 6) is 0.290. The number of hydrogen-bond acceptors (Lipinski definition) is 4. The van der Waals surface area contributed by atoms with Crippen molar-refractivity contribution in [1.82, 2.24) is 4.98 Å². The Kier molecular flexibility index (Phi) is 3.12. The second-order valence-electron chi connectivity index (χ2n) is 4.20. The molecule has 5 heteroatoms. The predicted molar refractivity (Wildman–Crippen MR) is 76.0 cm³/mol. The maximum Gasteiger partial charge on any atom is 0.339 e. The summed E-state index contributed by atoms with van der Waals surface area (Å²) in [6, 6.07) is 15.1. The molecule has 1 aromatic heterocycles. The van der Waals surface area contributed by atoms with Crippen LogP contribution in [0, 0.1) is 0 Å². The third-order valence-electron chi connectivity index (χ3n) is 2.86. The number of para-hydroxylation sites is 1. The summed E-state index contributed by atoms with van der Waals surface area (Å²) in [7, 11) is -3.87. The van der Waals surface area contributed by atoms with Crippen molar-refractivity contribution in [3.8, 4) is 5.75 Å². The van der Waals surface area contributed by atoms with Crippen molar-refractivity contribution in [3.63, 3.8) is 0 Å². The third kappa shape index (κ3) is 2.35. The van der Waals surface area contributed by atoms with Gasteiger partial charge in [-0.3, -0.25) is 4.98 Å². The fourth-order valence-electron chi connectivity index (χ4n) is 1.96. The molecular formula is C15H11NO3S. The lowest BCUT2D eigenvalue weighted by Crippen LogP contribution is -2.10. The van der Waals surface area contributed by atoms with Crippen LogP contribution in [0.1, 0.15) is 0 Å². The molecule has 20 heavy (non-hydrogen) atoms. The van der Waals surface area contributed by atoms with E-state index in [1.807, 2.05) is 6.07 Å². The van der Waals surface area contributed by atoms with Crippen LogP contribution in [0.4, 0.5) is 0 Å². The molecule has 0 saturated heterocycles. The lowest BCUT2D eigenvalue weighted by Gasteiger charge is -2.09. The Hall–Kier alpha value is -2.40. The molecule has 0 aliphatic rings. The largest absolute Gasteiger partial charge is 0.379 e. The summed E-state index contributed by atoms with van der Waals surface area (Å²) >= 11 is 0. The van der Waals surface area contributed by atoms with Crippen molar-refractivity contribution in [2.45, 2.75) is 4.90 Å². The zero-order chi connectivity index (χ0) is 14.0. The van der Waals surface area contributed by atoms with Crippen LogP contribution in [0.5, 0.6) is 5.75 Å². The molecule has 100 valence electrons. The van der Waals surface area contributed by atoms with Gasteiger partial charge in [0.05, 0.1) is 0 Å². The molecule has 0 saturated carbocycles. The lowest BCUT2D eigenvalue weighted by molar-refractivity contribution is 0.487. The highest BCUT2D eigenvalue weighted by Crippen LogP contribution is 2.25. The van der Waals surface area contributed by atoms with Crippen LogP contribution in [-0.4, -0.2) is 13.4 Å². The first-order valence-corrected chi connectivity index (χ1v) is 7.40. The molecule has 0 fully saturated rings. The second-order valence-corrected chi connectivity index (χ2v) is 5.72. The molecular weight excluding hydrogens is 274 g/mol. The molecule has 3 aromatic rings. The molecule has 2 aromatic carbocycles. The van der Waals surface area contributed by atoms with Gasteiger partial charge < -0.3 is 4.18 Å². The fourth-order valence-corrected chi connectivity index (χ4v) is 3.11. The van der Waals surface area contributed by atoms with E-state index >= 15 is 0 Å². The van der Waals surface area contributed by atoms with E-state index < -0.39 is 10.1 Å². The van der Waals surface area contributed by atoms with E-state index in [2.05, 4.69) is 4.98 Å². The van der Waals surface area contributed by atoms with E-state index in [1.165, 1.54) is 6.07 Å². The summed E-state index contributed by atoms with van der Waals surface area (Å²) in [6.45, 7) is 0. The Morgan fingerprint density at radius 3 is 2.50 bits per heavy atom. The zero-order valence-corrected chi connectivity index (χ0v) is 11.2. The molecule has 0 amide bonds. The van der Waals surface area contributed by atoms with E-state index in [0.29, 0.717) is 11.1 Å². The summed E-state index contributed by atoms with van der Waals surface area (Å²) < 4.78 is 29.9. The van der Waals surface area contributed by atoms with Gasteiger partial charge in [0.1, 0.15) is 10.6 Å². The number of fused-ring (bicyclic) bond motifs is 1. The number of benzene rings is 2. The molecule has 0 spiro atoms. The van der Waals surface area contributed by atoms with Gasteiger partial charge in [-0.25, -0.2) is 0 Å². The summed E-state index contributed by atoms with van der Waals surface area (Å²) in [4.78, 5) is 4.12. The minimum atomic E-state index is -3.87. The van der Waals surface area contributed by atoms with Crippen LogP contribution >= 0.6 is 0 Å². The highest BCUT2D eigenvalue weighted by molar-refractivity contribution is 7.87. The molecule has 1 heterocycles. The first kappa shape index (κ1) is 12.6. The van der Waals surface area contributed by atoms with Crippen molar-refractivity contribution >= 4 is 20.9 Å². The highest BCUT2D eigenvalue weighted by atomic mass is 32.2. The average molecular weight is 285 g/mol. The van der Waals surface area contributed by atoms with E-state index in [9.17, 15) is 8.42 Å². The minimum Gasteiger partial charge on any atom is -0.379 e. The molecule has 0 bridgehead atoms. The van der Waals surface area contributed by atoms with Crippen LogP contribution in [-0.2, 0) is 10.1 Å². The number of pyridine rings is 1. The number of nitrogens with zero attached hydrogens (tertiary/aromatic N) is 1. The van der Waals surface area contributed by atoms with Gasteiger partial charge in [0.25, 0.3) is 0 Å². The summed E-state index contributed by atoms with van der Waals surface area (Å²) in [5.41, 5.74) is 0. The van der Waals surface area contributed by atoms with Crippen molar-refractivity contribution < 1.29 is 12.6 Å². The van der Waals surface area contributed by atoms with E-state index in [-0.39, 0.29) is 4.90 Å². The highest BCUT2D eigenvalue weighted by Gasteiger charge is 2.19. The van der Waals surface area contributed by atoms with Gasteiger partial charge in [0.15, 0.2) is 0 Å². The van der Waals surface area contributed by atoms with E-state index in [0.717, 1.165) is 5.39 Å². The predicted octanol–water partition coefficient (Wildman–Crippen LogP) is 3.00. The number of hydrogen-bond donors (Lipinski definition) is 0. The summed E-state index contributed by atoms with van der Waals surface area (Å²) in [5, 5.41) is 1.35. The minimum absolute atomic E-state index is 0.140. The van der Waals surface area contributed by atoms with E-state index in [1.54, 1.807) is 54.9 Å². The Morgan fingerprint density at radius 1 is 0.900 bits per heavy atom. The van der Waals surface area contributed by atoms with Crippen LogP contribution in [0.3, 0.4) is 0 Å². The van der Waals surface area contributed by atoms with Crippen LogP contribution in [0.15, 0.2) is 71.9 Å². The molecule has 0 radical (unpaired) electrons. The Labute approximate surface area is 116 Å². The van der Waals surface area contributed by atoms with Gasteiger partial charge in [-0.2, -0.15) is 8.42 Å². The molecule has 0 atom stereocenters. The van der Waals surface area contributed by atoms with Gasteiger partial charge in [-0.1, -0.05) is 30.3 Å². The maximum atomic E-state index is 12.4. The monoisotopic (exact) mass is 285 g/mol. The van der Waals surface area contributed by atoms with Crippen molar-refractivity contribution in [2.75, 3.05) is 0 Å². The van der Waals surface area contributed by atoms with Gasteiger partial charge in [0.2, 0.25) is 0 Å². The van der Waals surface area contributed by atoms with Crippen molar-refractivity contribution in [3.05, 3.63) is 67.0 Å². The maximum absolute atomic E-state index is 12.4. The van der Waals surface area contributed by atoms with Gasteiger partial charge >= 0.3 is 10.1 Å². The average Bonchev–Trinajstić information content (AvgIpc) is 2.47. The Bertz CT molecular complexity index is 840. The molecule has 0 N–H and O–H groups in total. The third-order valence-corrected chi connectivity index (χ3v) is 4.17. The topological polar surface area (TPSA) is 56.3 Å². The molecule has 4 nitrogen and oxygen atoms in total. The Balaban J connectivity index is 2.10. The van der Waals surface area contributed by atoms with Gasteiger partial charge in [-0.15, -0.1) is 0 Å². The standard InChI is InChI=1S/C15H11NO3S/c17-20(18,19-13-6-2-1-3-7-13)15-8-4-5-12-11-16-10-9-14(12)15/h1-11H. The van der Waals surface area contributed by atoms with Gasteiger partial charge in [-0.05, 0) is 24.3 Å². The SMILES string of the molecule is O=S(=O)(Oc1ccccc1)c1cccc2cnccc12. The van der Waals surface area contributed by atoms with Gasteiger partial charge in [0, 0.05) is 23.2 Å². The molecule has 0 aliphatic heterocycles. The summed E-state index contributed by atoms with van der Waals surface area (Å²) in [6.07, 6.45) is 3.18. The fraction of sp³-hybridized carbons (Fsp3) is 0. The number of aromatic nitrogens is 1. The quantitative estimate of drug-likeness (QED) is 0.694. The smallest absolute Gasteiger partial charge is 0.339 e. The first-order chi connectivity index (χ1) is 9.67. The Morgan fingerprint density at radius 2 is 1.70 bits per heavy atom. The molecule has 0 unspecified atom stereocenters. The number of rotatable bonds is 3. The van der Waals surface area contributed by atoms with Crippen LogP contribution in [0.2, 0.25) is 0 Å². The molecule has 0 aliphatic carbocycles. The van der Waals surface area contributed by atoms with E-state index in [4.69, 9.17) is 4.18 Å². The van der Waals surface area contributed by atoms with Crippen molar-refractivity contribution in [2.24, 2.45) is 0 Å². The first-order valence-electron chi connectivity index (χ1n) is 5.99. The lowest BCUT2D eigenvalue weighted by atomic mass is 10.2. The normalized spacial score (nSPS) is 11.4.